The fourth-order valence-electron chi connectivity index (χ4n) is 5.36. The van der Waals surface area contributed by atoms with E-state index in [1.807, 2.05) is 27.2 Å². The summed E-state index contributed by atoms with van der Waals surface area (Å²) in [5, 5.41) is 13.7. The van der Waals surface area contributed by atoms with E-state index in [1.165, 1.54) is 77.0 Å². The fourth-order valence-corrected chi connectivity index (χ4v) is 6.10. The van der Waals surface area contributed by atoms with Gasteiger partial charge in [0.2, 0.25) is 5.91 Å². The average molecular weight is 714 g/mol. The van der Waals surface area contributed by atoms with Crippen LogP contribution in [0.4, 0.5) is 0 Å². The van der Waals surface area contributed by atoms with Crippen LogP contribution in [-0.4, -0.2) is 73.4 Å². The molecule has 0 aromatic carbocycles. The number of carbonyl (C=O) groups is 1. The first-order valence-corrected chi connectivity index (χ1v) is 21.4. The highest BCUT2D eigenvalue weighted by atomic mass is 31.2. The standard InChI is InChI=1S/C40H77N2O6P/c1-6-8-10-12-14-16-18-19-20-21-22-24-26-28-30-32-34-40(44)41-38(37-48-49(45,46)47-36-35-42(3,4)5)39(43)33-31-29-27-25-23-17-15-13-11-9-7-2/h16,18,20-21,31,33,38-39,43H,6-15,17,19,22-30,32,34-37H2,1-5H3,(H-,41,44,45,46)/p+1/b18-16-,21-20-,33-31+. The maximum absolute atomic E-state index is 12.8. The summed E-state index contributed by atoms with van der Waals surface area (Å²) in [6.45, 7) is 4.75. The number of rotatable bonds is 35. The highest BCUT2D eigenvalue weighted by Gasteiger charge is 2.27. The van der Waals surface area contributed by atoms with Gasteiger partial charge in [0, 0.05) is 6.42 Å². The molecule has 1 amide bonds. The maximum Gasteiger partial charge on any atom is 0.472 e. The summed E-state index contributed by atoms with van der Waals surface area (Å²) < 4.78 is 23.4. The molecule has 0 aromatic rings. The van der Waals surface area contributed by atoms with E-state index in [4.69, 9.17) is 9.05 Å². The van der Waals surface area contributed by atoms with Crippen LogP contribution in [0.1, 0.15) is 162 Å². The zero-order chi connectivity index (χ0) is 36.5. The van der Waals surface area contributed by atoms with Crippen LogP contribution in [0.25, 0.3) is 0 Å². The Kier molecular flexibility index (Phi) is 31.8. The van der Waals surface area contributed by atoms with Crippen LogP contribution in [0.5, 0.6) is 0 Å². The normalized spacial score (nSPS) is 15.0. The van der Waals surface area contributed by atoms with Crippen molar-refractivity contribution in [1.82, 2.24) is 5.32 Å². The van der Waals surface area contributed by atoms with Crippen LogP contribution in [0, 0.1) is 0 Å². The number of aliphatic hydroxyl groups is 1. The van der Waals surface area contributed by atoms with Gasteiger partial charge in [-0.05, 0) is 51.4 Å². The number of aliphatic hydroxyl groups excluding tert-OH is 1. The van der Waals surface area contributed by atoms with Crippen LogP contribution < -0.4 is 5.32 Å². The summed E-state index contributed by atoms with van der Waals surface area (Å²) in [4.78, 5) is 23.0. The molecule has 9 heteroatoms. The van der Waals surface area contributed by atoms with Crippen LogP contribution in [0.15, 0.2) is 36.5 Å². The van der Waals surface area contributed by atoms with E-state index in [0.29, 0.717) is 17.4 Å². The topological polar surface area (TPSA) is 105 Å². The SMILES string of the molecule is CCCCCC/C=C\C/C=C\CCCCCCCC(=O)NC(COP(=O)(O)OCC[N+](C)(C)C)C(O)/C=C/CCCCCCCCCCC. The van der Waals surface area contributed by atoms with Gasteiger partial charge in [-0.2, -0.15) is 0 Å². The van der Waals surface area contributed by atoms with Crippen molar-refractivity contribution >= 4 is 13.7 Å². The monoisotopic (exact) mass is 714 g/mol. The van der Waals surface area contributed by atoms with Crippen molar-refractivity contribution < 1.29 is 32.9 Å². The number of nitrogens with one attached hydrogen (secondary N) is 1. The molecule has 0 aliphatic heterocycles. The molecule has 0 rings (SSSR count). The summed E-state index contributed by atoms with van der Waals surface area (Å²) in [6, 6.07) is -0.850. The second-order valence-corrected chi connectivity index (χ2v) is 16.1. The van der Waals surface area contributed by atoms with E-state index in [9.17, 15) is 19.4 Å². The average Bonchev–Trinajstić information content (AvgIpc) is 3.04. The number of phosphoric ester groups is 1. The van der Waals surface area contributed by atoms with Crippen LogP contribution in [0.2, 0.25) is 0 Å². The molecule has 3 atom stereocenters. The van der Waals surface area contributed by atoms with Crippen LogP contribution >= 0.6 is 7.82 Å². The van der Waals surface area contributed by atoms with Crippen molar-refractivity contribution in [2.75, 3.05) is 40.9 Å². The highest BCUT2D eigenvalue weighted by Crippen LogP contribution is 2.43. The smallest absolute Gasteiger partial charge is 0.387 e. The van der Waals surface area contributed by atoms with Gasteiger partial charge in [-0.15, -0.1) is 0 Å². The number of amides is 1. The van der Waals surface area contributed by atoms with Gasteiger partial charge in [0.1, 0.15) is 13.2 Å². The minimum Gasteiger partial charge on any atom is -0.387 e. The van der Waals surface area contributed by atoms with E-state index in [2.05, 4.69) is 43.5 Å². The Bertz CT molecular complexity index is 902. The van der Waals surface area contributed by atoms with E-state index < -0.39 is 20.0 Å². The molecule has 0 aliphatic rings. The van der Waals surface area contributed by atoms with E-state index in [1.54, 1.807) is 6.08 Å². The number of hydrogen-bond donors (Lipinski definition) is 3. The zero-order valence-corrected chi connectivity index (χ0v) is 33.3. The summed E-state index contributed by atoms with van der Waals surface area (Å²) in [7, 11) is 1.56. The number of phosphoric acid groups is 1. The Morgan fingerprint density at radius 3 is 1.69 bits per heavy atom. The third-order valence-corrected chi connectivity index (χ3v) is 9.59. The lowest BCUT2D eigenvalue weighted by atomic mass is 10.1. The van der Waals surface area contributed by atoms with Crippen LogP contribution in [0.3, 0.4) is 0 Å². The third kappa shape index (κ3) is 34.9. The predicted octanol–water partition coefficient (Wildman–Crippen LogP) is 10.4. The number of nitrogens with zero attached hydrogens (tertiary/aromatic N) is 1. The summed E-state index contributed by atoms with van der Waals surface area (Å²) in [5.41, 5.74) is 0. The largest absolute Gasteiger partial charge is 0.472 e. The molecule has 3 unspecified atom stereocenters. The van der Waals surface area contributed by atoms with Gasteiger partial charge in [0.15, 0.2) is 0 Å². The molecule has 0 saturated carbocycles. The molecule has 0 spiro atoms. The Morgan fingerprint density at radius 2 is 1.16 bits per heavy atom. The first kappa shape index (κ1) is 47.7. The Hall–Kier alpha value is -1.28. The van der Waals surface area contributed by atoms with Gasteiger partial charge >= 0.3 is 7.82 Å². The van der Waals surface area contributed by atoms with Crippen molar-refractivity contribution in [2.45, 2.75) is 174 Å². The molecule has 3 N–H and O–H groups in total. The third-order valence-electron chi connectivity index (χ3n) is 8.60. The lowest BCUT2D eigenvalue weighted by molar-refractivity contribution is -0.870. The van der Waals surface area contributed by atoms with Gasteiger partial charge < -0.3 is 19.8 Å². The number of allylic oxidation sites excluding steroid dienone is 5. The number of carbonyl (C=O) groups excluding carboxylic acids is 1. The molecule has 0 saturated heterocycles. The predicted molar refractivity (Wildman–Crippen MR) is 208 cm³/mol. The Balaban J connectivity index is 4.52. The van der Waals surface area contributed by atoms with Gasteiger partial charge in [-0.3, -0.25) is 13.8 Å². The Labute approximate surface area is 302 Å². The van der Waals surface area contributed by atoms with E-state index >= 15 is 0 Å². The molecule has 288 valence electrons. The molecule has 0 heterocycles. The minimum atomic E-state index is -4.33. The molecule has 0 aliphatic carbocycles. The van der Waals surface area contributed by atoms with Crippen molar-refractivity contribution in [1.29, 1.82) is 0 Å². The van der Waals surface area contributed by atoms with Crippen molar-refractivity contribution in [3.63, 3.8) is 0 Å². The summed E-state index contributed by atoms with van der Waals surface area (Å²) >= 11 is 0. The van der Waals surface area contributed by atoms with Gasteiger partial charge in [0.05, 0.1) is 39.9 Å². The van der Waals surface area contributed by atoms with E-state index in [0.717, 1.165) is 64.2 Å². The molecular formula is C40H78N2O6P+. The van der Waals surface area contributed by atoms with Crippen LogP contribution in [-0.2, 0) is 18.4 Å². The number of hydrogen-bond acceptors (Lipinski definition) is 5. The lowest BCUT2D eigenvalue weighted by Gasteiger charge is -2.25. The van der Waals surface area contributed by atoms with Crippen molar-refractivity contribution in [2.24, 2.45) is 0 Å². The van der Waals surface area contributed by atoms with Gasteiger partial charge in [0.25, 0.3) is 0 Å². The first-order chi connectivity index (χ1) is 23.5. The Morgan fingerprint density at radius 1 is 0.694 bits per heavy atom. The van der Waals surface area contributed by atoms with Crippen molar-refractivity contribution in [3.05, 3.63) is 36.5 Å². The lowest BCUT2D eigenvalue weighted by Crippen LogP contribution is -2.45. The molecule has 0 aromatic heterocycles. The number of quaternary nitrogens is 1. The maximum atomic E-state index is 12.8. The second kappa shape index (κ2) is 32.6. The molecule has 0 bridgehead atoms. The molecule has 0 fully saturated rings. The molecule has 49 heavy (non-hydrogen) atoms. The summed E-state index contributed by atoms with van der Waals surface area (Å²) in [5.74, 6) is -0.194. The second-order valence-electron chi connectivity index (χ2n) is 14.7. The van der Waals surface area contributed by atoms with Gasteiger partial charge in [-0.1, -0.05) is 140 Å². The molecule has 0 radical (unpaired) electrons. The highest BCUT2D eigenvalue weighted by molar-refractivity contribution is 7.47. The first-order valence-electron chi connectivity index (χ1n) is 19.9. The number of unbranched alkanes of at least 4 members (excludes halogenated alkanes) is 18. The fraction of sp³-hybridized carbons (Fsp3) is 0.825. The number of likely N-dealkylation sites (N-methyl/N-ethyl adjacent to an activating group) is 1. The molecular weight excluding hydrogens is 635 g/mol. The quantitative estimate of drug-likeness (QED) is 0.0261. The van der Waals surface area contributed by atoms with E-state index in [-0.39, 0.29) is 19.1 Å². The van der Waals surface area contributed by atoms with Crippen molar-refractivity contribution in [3.8, 4) is 0 Å². The zero-order valence-electron chi connectivity index (χ0n) is 32.4. The van der Waals surface area contributed by atoms with Gasteiger partial charge in [-0.25, -0.2) is 4.57 Å². The summed E-state index contributed by atoms with van der Waals surface area (Å²) in [6.07, 6.45) is 37.7. The molecule has 8 nitrogen and oxygen atoms in total. The minimum absolute atomic E-state index is 0.0579.